The Morgan fingerprint density at radius 2 is 1.69 bits per heavy atom. The molecular formula is C35H48N6O8. The molecule has 2 heterocycles. The van der Waals surface area contributed by atoms with Gasteiger partial charge in [-0.3, -0.25) is 24.0 Å². The molecule has 14 nitrogen and oxygen atoms in total. The predicted octanol–water partition coefficient (Wildman–Crippen LogP) is 2.08. The Kier molecular flexibility index (Phi) is 14.5. The van der Waals surface area contributed by atoms with E-state index in [1.54, 1.807) is 20.8 Å². The number of aromatic nitrogens is 1. The van der Waals surface area contributed by atoms with Gasteiger partial charge in [0.25, 0.3) is 5.91 Å². The fourth-order valence-corrected chi connectivity index (χ4v) is 5.20. The zero-order valence-corrected chi connectivity index (χ0v) is 28.9. The molecule has 1 aromatic heterocycles. The lowest BCUT2D eigenvalue weighted by Gasteiger charge is -2.28. The van der Waals surface area contributed by atoms with Gasteiger partial charge in [0.05, 0.1) is 0 Å². The molecule has 3 rings (SSSR count). The van der Waals surface area contributed by atoms with Crippen molar-refractivity contribution in [2.75, 3.05) is 6.54 Å². The van der Waals surface area contributed by atoms with Gasteiger partial charge in [0, 0.05) is 30.6 Å². The fraction of sp³-hybridized carbons (Fsp3) is 0.514. The monoisotopic (exact) mass is 680 g/mol. The van der Waals surface area contributed by atoms with Crippen LogP contribution in [0.4, 0.5) is 0 Å². The summed E-state index contributed by atoms with van der Waals surface area (Å²) >= 11 is 0. The lowest BCUT2D eigenvalue weighted by molar-refractivity contribution is -0.139. The minimum Gasteiger partial charge on any atom is -0.458 e. The van der Waals surface area contributed by atoms with E-state index in [1.165, 1.54) is 25.1 Å². The minimum absolute atomic E-state index is 0.00103. The molecule has 49 heavy (non-hydrogen) atoms. The van der Waals surface area contributed by atoms with E-state index in [0.29, 0.717) is 18.7 Å². The van der Waals surface area contributed by atoms with Crippen LogP contribution >= 0.6 is 0 Å². The number of nitrogens with one attached hydrogen (secondary N) is 5. The number of carbonyl (C=O) groups is 6. The van der Waals surface area contributed by atoms with Gasteiger partial charge in [0.2, 0.25) is 23.6 Å². The second-order valence-electron chi connectivity index (χ2n) is 13.0. The molecule has 5 amide bonds. The van der Waals surface area contributed by atoms with Crippen molar-refractivity contribution >= 4 is 35.5 Å². The molecule has 0 bridgehead atoms. The van der Waals surface area contributed by atoms with Crippen LogP contribution in [0.3, 0.4) is 0 Å². The highest BCUT2D eigenvalue weighted by Crippen LogP contribution is 2.18. The van der Waals surface area contributed by atoms with Gasteiger partial charge < -0.3 is 35.8 Å². The largest absolute Gasteiger partial charge is 0.458 e. The maximum absolute atomic E-state index is 13.7. The van der Waals surface area contributed by atoms with Crippen molar-refractivity contribution in [3.8, 4) is 0 Å². The number of rotatable bonds is 17. The molecule has 266 valence electrons. The van der Waals surface area contributed by atoms with E-state index in [4.69, 9.17) is 9.26 Å². The molecule has 0 unspecified atom stereocenters. The third-order valence-corrected chi connectivity index (χ3v) is 7.91. The molecule has 0 aliphatic carbocycles. The summed E-state index contributed by atoms with van der Waals surface area (Å²) in [6, 6.07) is 6.89. The first kappa shape index (κ1) is 38.4. The molecule has 5 N–H and O–H groups in total. The van der Waals surface area contributed by atoms with Gasteiger partial charge in [0.15, 0.2) is 5.69 Å². The standard InChI is InChI=1S/C35H48N6O8/c1-20(2)16-27(39-35(47)30(21(3)4)40-31(43)23(6)37-34(46)28-17-22(5)49-41-28)33(45)38-26(18-25-14-15-36-32(25)44)12-13-29(42)48-19-24-10-8-7-9-11-24/h7-13,17,20-21,23,25-27,30H,14-16,18-19H2,1-6H3,(H,36,44)(H,37,46)(H,38,45)(H,39,47)(H,40,43)/t23-,25-,26+,27-,30-/m0/s1. The van der Waals surface area contributed by atoms with Gasteiger partial charge in [-0.2, -0.15) is 0 Å². The number of esters is 1. The number of hydrogen-bond donors (Lipinski definition) is 5. The summed E-state index contributed by atoms with van der Waals surface area (Å²) < 4.78 is 10.2. The maximum Gasteiger partial charge on any atom is 0.330 e. The van der Waals surface area contributed by atoms with Crippen LogP contribution in [0.25, 0.3) is 0 Å². The number of benzene rings is 1. The molecule has 1 saturated heterocycles. The lowest BCUT2D eigenvalue weighted by atomic mass is 9.96. The normalized spacial score (nSPS) is 16.8. The smallest absolute Gasteiger partial charge is 0.330 e. The van der Waals surface area contributed by atoms with Crippen molar-refractivity contribution in [3.05, 3.63) is 65.6 Å². The quantitative estimate of drug-likeness (QED) is 0.123. The number of nitrogens with zero attached hydrogens (tertiary/aromatic N) is 1. The van der Waals surface area contributed by atoms with Gasteiger partial charge in [0.1, 0.15) is 30.5 Å². The molecule has 1 fully saturated rings. The number of aryl methyl sites for hydroxylation is 1. The summed E-state index contributed by atoms with van der Waals surface area (Å²) in [5.41, 5.74) is 0.837. The zero-order chi connectivity index (χ0) is 36.1. The Morgan fingerprint density at radius 3 is 2.29 bits per heavy atom. The summed E-state index contributed by atoms with van der Waals surface area (Å²) in [6.07, 6.45) is 3.82. The predicted molar refractivity (Wildman–Crippen MR) is 179 cm³/mol. The van der Waals surface area contributed by atoms with Crippen molar-refractivity contribution in [3.63, 3.8) is 0 Å². The fourth-order valence-electron chi connectivity index (χ4n) is 5.20. The van der Waals surface area contributed by atoms with Gasteiger partial charge in [-0.25, -0.2) is 4.79 Å². The lowest BCUT2D eigenvalue weighted by Crippen LogP contribution is -2.58. The van der Waals surface area contributed by atoms with Crippen molar-refractivity contribution in [1.29, 1.82) is 0 Å². The van der Waals surface area contributed by atoms with Gasteiger partial charge in [-0.15, -0.1) is 0 Å². The van der Waals surface area contributed by atoms with E-state index >= 15 is 0 Å². The average molecular weight is 681 g/mol. The van der Waals surface area contributed by atoms with Crippen LogP contribution in [0, 0.1) is 24.7 Å². The Labute approximate surface area is 286 Å². The Morgan fingerprint density at radius 1 is 0.980 bits per heavy atom. The second-order valence-corrected chi connectivity index (χ2v) is 13.0. The van der Waals surface area contributed by atoms with E-state index < -0.39 is 53.8 Å². The summed E-state index contributed by atoms with van der Waals surface area (Å²) in [7, 11) is 0. The summed E-state index contributed by atoms with van der Waals surface area (Å²) in [4.78, 5) is 77.6. The van der Waals surface area contributed by atoms with E-state index in [0.717, 1.165) is 5.56 Å². The van der Waals surface area contributed by atoms with E-state index in [9.17, 15) is 28.8 Å². The number of amides is 5. The third kappa shape index (κ3) is 12.5. The SMILES string of the molecule is Cc1cc(C(=O)N[C@@H](C)C(=O)N[C@H](C(=O)N[C@@H](CC(C)C)C(=O)N[C@H](C=CC(=O)OCc2ccccc2)C[C@@H]2CCNC2=O)C(C)C)no1. The number of carbonyl (C=O) groups excluding carboxylic acids is 6. The molecule has 2 aromatic rings. The van der Waals surface area contributed by atoms with Crippen LogP contribution in [0.15, 0.2) is 53.1 Å². The van der Waals surface area contributed by atoms with E-state index in [-0.39, 0.29) is 48.8 Å². The van der Waals surface area contributed by atoms with Crippen molar-refractivity contribution < 1.29 is 38.0 Å². The molecule has 0 radical (unpaired) electrons. The van der Waals surface area contributed by atoms with E-state index in [1.807, 2.05) is 44.2 Å². The molecule has 1 aromatic carbocycles. The van der Waals surface area contributed by atoms with Crippen LogP contribution < -0.4 is 26.6 Å². The third-order valence-electron chi connectivity index (χ3n) is 7.91. The molecule has 1 aliphatic rings. The molecule has 14 heteroatoms. The van der Waals surface area contributed by atoms with Crippen molar-refractivity contribution in [1.82, 2.24) is 31.7 Å². The highest BCUT2D eigenvalue weighted by Gasteiger charge is 2.33. The van der Waals surface area contributed by atoms with Gasteiger partial charge in [-0.1, -0.05) is 69.3 Å². The molecular weight excluding hydrogens is 632 g/mol. The van der Waals surface area contributed by atoms with Crippen LogP contribution in [0.5, 0.6) is 0 Å². The highest BCUT2D eigenvalue weighted by molar-refractivity contribution is 5.97. The summed E-state index contributed by atoms with van der Waals surface area (Å²) in [6.45, 7) is 11.0. The summed E-state index contributed by atoms with van der Waals surface area (Å²) in [5.74, 6) is -3.35. The van der Waals surface area contributed by atoms with Crippen molar-refractivity contribution in [2.45, 2.75) is 91.6 Å². The highest BCUT2D eigenvalue weighted by atomic mass is 16.5. The first-order valence-corrected chi connectivity index (χ1v) is 16.5. The van der Waals surface area contributed by atoms with Crippen LogP contribution in [-0.2, 0) is 35.3 Å². The topological polar surface area (TPSA) is 198 Å². The Hall–Kier alpha value is -5.01. The van der Waals surface area contributed by atoms with Crippen molar-refractivity contribution in [2.24, 2.45) is 17.8 Å². The average Bonchev–Trinajstić information content (AvgIpc) is 3.68. The Bertz CT molecular complexity index is 1490. The molecule has 0 spiro atoms. The van der Waals surface area contributed by atoms with Crippen LogP contribution in [-0.4, -0.2) is 71.4 Å². The van der Waals surface area contributed by atoms with E-state index in [2.05, 4.69) is 31.7 Å². The summed E-state index contributed by atoms with van der Waals surface area (Å²) in [5, 5.41) is 17.3. The first-order valence-electron chi connectivity index (χ1n) is 16.5. The number of ether oxygens (including phenoxy) is 1. The zero-order valence-electron chi connectivity index (χ0n) is 28.9. The molecule has 5 atom stereocenters. The van der Waals surface area contributed by atoms with Crippen LogP contribution in [0.2, 0.25) is 0 Å². The van der Waals surface area contributed by atoms with Gasteiger partial charge >= 0.3 is 5.97 Å². The van der Waals surface area contributed by atoms with Crippen LogP contribution in [0.1, 0.15) is 75.7 Å². The number of hydrogen-bond acceptors (Lipinski definition) is 9. The minimum atomic E-state index is -1.03. The van der Waals surface area contributed by atoms with Gasteiger partial charge in [-0.05, 0) is 50.5 Å². The Balaban J connectivity index is 1.68. The molecule has 0 saturated carbocycles. The maximum atomic E-state index is 13.7. The molecule has 1 aliphatic heterocycles. The second kappa shape index (κ2) is 18.5. The first-order chi connectivity index (χ1) is 23.2.